The summed E-state index contributed by atoms with van der Waals surface area (Å²) >= 11 is 0. The number of aromatic nitrogens is 3. The quantitative estimate of drug-likeness (QED) is 0.687. The van der Waals surface area contributed by atoms with Crippen LogP contribution < -0.4 is 4.90 Å². The molecule has 0 unspecified atom stereocenters. The second kappa shape index (κ2) is 6.38. The molecular weight excluding hydrogens is 327 g/mol. The van der Waals surface area contributed by atoms with E-state index < -0.39 is 0 Å². The smallest absolute Gasteiger partial charge is 0.158 e. The molecule has 5 rings (SSSR count). The van der Waals surface area contributed by atoms with Crippen LogP contribution in [0, 0.1) is 5.82 Å². The van der Waals surface area contributed by atoms with E-state index in [2.05, 4.69) is 4.90 Å². The highest BCUT2D eigenvalue weighted by Crippen LogP contribution is 2.33. The maximum atomic E-state index is 13.3. The van der Waals surface area contributed by atoms with Crippen molar-refractivity contribution >= 4 is 11.5 Å². The predicted molar refractivity (Wildman–Crippen MR) is 101 cm³/mol. The van der Waals surface area contributed by atoms with E-state index in [4.69, 9.17) is 10.1 Å². The summed E-state index contributed by atoms with van der Waals surface area (Å²) in [5, 5.41) is 4.89. The Morgan fingerprint density at radius 3 is 2.46 bits per heavy atom. The Hall–Kier alpha value is -2.43. The number of hydrogen-bond donors (Lipinski definition) is 0. The molecule has 1 aliphatic heterocycles. The van der Waals surface area contributed by atoms with Crippen molar-refractivity contribution in [2.75, 3.05) is 18.0 Å². The Kier molecular flexibility index (Phi) is 3.88. The van der Waals surface area contributed by atoms with Gasteiger partial charge in [0.15, 0.2) is 5.65 Å². The fraction of sp³-hybridized carbons (Fsp3) is 0.429. The Bertz CT molecular complexity index is 939. The van der Waals surface area contributed by atoms with Gasteiger partial charge in [-0.3, -0.25) is 0 Å². The van der Waals surface area contributed by atoms with Crippen molar-refractivity contribution in [1.29, 1.82) is 0 Å². The van der Waals surface area contributed by atoms with Crippen LogP contribution in [-0.4, -0.2) is 27.7 Å². The third-order valence-corrected chi connectivity index (χ3v) is 5.64. The second-order valence-corrected chi connectivity index (χ2v) is 7.42. The molecule has 3 aromatic rings. The average molecular weight is 350 g/mol. The van der Waals surface area contributed by atoms with Gasteiger partial charge >= 0.3 is 0 Å². The van der Waals surface area contributed by atoms with Gasteiger partial charge in [0.1, 0.15) is 11.6 Å². The first-order chi connectivity index (χ1) is 12.8. The molecule has 0 spiro atoms. The van der Waals surface area contributed by atoms with Gasteiger partial charge in [0.2, 0.25) is 0 Å². The minimum atomic E-state index is -0.222. The van der Waals surface area contributed by atoms with Gasteiger partial charge in [0.25, 0.3) is 0 Å². The van der Waals surface area contributed by atoms with Crippen molar-refractivity contribution < 1.29 is 4.39 Å². The maximum Gasteiger partial charge on any atom is 0.158 e. The van der Waals surface area contributed by atoms with Gasteiger partial charge in [0, 0.05) is 36.0 Å². The zero-order chi connectivity index (χ0) is 17.5. The van der Waals surface area contributed by atoms with E-state index in [0.29, 0.717) is 0 Å². The highest BCUT2D eigenvalue weighted by Gasteiger charge is 2.24. The number of aryl methyl sites for hydroxylation is 1. The Morgan fingerprint density at radius 1 is 0.885 bits per heavy atom. The van der Waals surface area contributed by atoms with Crippen molar-refractivity contribution in [3.05, 3.63) is 47.4 Å². The largest absolute Gasteiger partial charge is 0.356 e. The first kappa shape index (κ1) is 15.8. The van der Waals surface area contributed by atoms with Gasteiger partial charge in [-0.15, -0.1) is 0 Å². The molecule has 0 bridgehead atoms. The van der Waals surface area contributed by atoms with Gasteiger partial charge < -0.3 is 4.90 Å². The molecule has 1 fully saturated rings. The summed E-state index contributed by atoms with van der Waals surface area (Å²) in [5.74, 6) is 1.03. The molecule has 0 N–H and O–H groups in total. The Balaban J connectivity index is 1.69. The third kappa shape index (κ3) is 2.66. The van der Waals surface area contributed by atoms with Crippen LogP contribution >= 0.6 is 0 Å². The Morgan fingerprint density at radius 2 is 1.65 bits per heavy atom. The van der Waals surface area contributed by atoms with E-state index in [1.165, 1.54) is 61.3 Å². The van der Waals surface area contributed by atoms with Crippen LogP contribution in [0.5, 0.6) is 0 Å². The number of benzene rings is 1. The summed E-state index contributed by atoms with van der Waals surface area (Å²) in [4.78, 5) is 7.44. The molecule has 5 heteroatoms. The number of nitrogens with zero attached hydrogens (tertiary/aromatic N) is 4. The molecule has 0 radical (unpaired) electrons. The molecule has 2 aliphatic rings. The van der Waals surface area contributed by atoms with Crippen LogP contribution in [-0.2, 0) is 12.8 Å². The number of piperidine rings is 1. The van der Waals surface area contributed by atoms with Gasteiger partial charge in [-0.25, -0.2) is 9.37 Å². The number of fused-ring (bicyclic) bond motifs is 2. The van der Waals surface area contributed by atoms with Gasteiger partial charge in [-0.1, -0.05) is 0 Å². The summed E-state index contributed by atoms with van der Waals surface area (Å²) < 4.78 is 15.3. The van der Waals surface area contributed by atoms with E-state index in [1.54, 1.807) is 12.1 Å². The Labute approximate surface area is 152 Å². The fourth-order valence-corrected chi connectivity index (χ4v) is 4.32. The van der Waals surface area contributed by atoms with Crippen LogP contribution in [0.15, 0.2) is 30.3 Å². The fourth-order valence-electron chi connectivity index (χ4n) is 4.32. The normalized spacial score (nSPS) is 17.5. The monoisotopic (exact) mass is 350 g/mol. The number of hydrogen-bond acceptors (Lipinski definition) is 3. The van der Waals surface area contributed by atoms with Gasteiger partial charge in [-0.05, 0) is 69.2 Å². The lowest BCUT2D eigenvalue weighted by molar-refractivity contribution is 0.560. The lowest BCUT2D eigenvalue weighted by atomic mass is 9.95. The SMILES string of the molecule is Fc1ccc(-c2cc3nc4c(c(N5CCCCC5)n3n2)CCCC4)cc1. The summed E-state index contributed by atoms with van der Waals surface area (Å²) in [6.45, 7) is 2.19. The third-order valence-electron chi connectivity index (χ3n) is 5.64. The minimum Gasteiger partial charge on any atom is -0.356 e. The maximum absolute atomic E-state index is 13.3. The molecule has 1 saturated heterocycles. The zero-order valence-corrected chi connectivity index (χ0v) is 14.9. The van der Waals surface area contributed by atoms with E-state index in [0.717, 1.165) is 42.8 Å². The predicted octanol–water partition coefficient (Wildman–Crippen LogP) is 4.40. The van der Waals surface area contributed by atoms with Gasteiger partial charge in [-0.2, -0.15) is 9.61 Å². The highest BCUT2D eigenvalue weighted by atomic mass is 19.1. The minimum absolute atomic E-state index is 0.222. The van der Waals surface area contributed by atoms with E-state index in [9.17, 15) is 4.39 Å². The molecule has 3 heterocycles. The van der Waals surface area contributed by atoms with Crippen molar-refractivity contribution in [3.63, 3.8) is 0 Å². The average Bonchev–Trinajstić information content (AvgIpc) is 3.10. The lowest BCUT2D eigenvalue weighted by Crippen LogP contribution is -2.33. The van der Waals surface area contributed by atoms with Crippen LogP contribution in [0.3, 0.4) is 0 Å². The van der Waals surface area contributed by atoms with E-state index >= 15 is 0 Å². The molecule has 1 aromatic carbocycles. The molecule has 4 nitrogen and oxygen atoms in total. The highest BCUT2D eigenvalue weighted by molar-refractivity contribution is 5.67. The molecule has 2 aromatic heterocycles. The summed E-state index contributed by atoms with van der Waals surface area (Å²) in [6.07, 6.45) is 8.39. The summed E-state index contributed by atoms with van der Waals surface area (Å²) in [7, 11) is 0. The standard InChI is InChI=1S/C21H23FN4/c22-16-10-8-15(9-11-16)19-14-20-23-18-7-3-2-6-17(18)21(26(20)24-19)25-12-4-1-5-13-25/h8-11,14H,1-7,12-13H2. The van der Waals surface area contributed by atoms with Gasteiger partial charge in [0.05, 0.1) is 5.69 Å². The molecule has 26 heavy (non-hydrogen) atoms. The zero-order valence-electron chi connectivity index (χ0n) is 14.9. The second-order valence-electron chi connectivity index (χ2n) is 7.42. The molecule has 0 amide bonds. The topological polar surface area (TPSA) is 33.4 Å². The first-order valence-corrected chi connectivity index (χ1v) is 9.72. The van der Waals surface area contributed by atoms with E-state index in [-0.39, 0.29) is 5.82 Å². The first-order valence-electron chi connectivity index (χ1n) is 9.72. The number of anilines is 1. The van der Waals surface area contributed by atoms with Crippen molar-refractivity contribution in [2.45, 2.75) is 44.9 Å². The van der Waals surface area contributed by atoms with Crippen molar-refractivity contribution in [2.24, 2.45) is 0 Å². The van der Waals surface area contributed by atoms with Crippen LogP contribution in [0.4, 0.5) is 10.2 Å². The number of halogens is 1. The van der Waals surface area contributed by atoms with Crippen LogP contribution in [0.1, 0.15) is 43.4 Å². The number of rotatable bonds is 2. The summed E-state index contributed by atoms with van der Waals surface area (Å²) in [5.41, 5.74) is 5.33. The van der Waals surface area contributed by atoms with E-state index in [1.807, 2.05) is 10.6 Å². The van der Waals surface area contributed by atoms with Crippen molar-refractivity contribution in [1.82, 2.24) is 14.6 Å². The molecule has 0 atom stereocenters. The van der Waals surface area contributed by atoms with Crippen molar-refractivity contribution in [3.8, 4) is 11.3 Å². The molecular formula is C21H23FN4. The summed E-state index contributed by atoms with van der Waals surface area (Å²) in [6, 6.07) is 8.59. The molecule has 134 valence electrons. The molecule has 1 aliphatic carbocycles. The van der Waals surface area contributed by atoms with Crippen LogP contribution in [0.2, 0.25) is 0 Å². The van der Waals surface area contributed by atoms with Crippen LogP contribution in [0.25, 0.3) is 16.9 Å². The molecule has 0 saturated carbocycles. The lowest BCUT2D eigenvalue weighted by Gasteiger charge is -2.32.